The van der Waals surface area contributed by atoms with Crippen molar-refractivity contribution in [1.29, 1.82) is 0 Å². The van der Waals surface area contributed by atoms with Crippen LogP contribution in [0.3, 0.4) is 0 Å². The largest absolute Gasteiger partial charge is 0.490 e. The Kier molecular flexibility index (Phi) is 3.10. The van der Waals surface area contributed by atoms with E-state index in [2.05, 4.69) is 4.98 Å². The minimum absolute atomic E-state index is 0.523. The number of hydrogen-bond acceptors (Lipinski definition) is 2. The normalized spacial score (nSPS) is 10.9. The lowest BCUT2D eigenvalue weighted by molar-refractivity contribution is 0.342. The van der Waals surface area contributed by atoms with Crippen LogP contribution in [0.4, 0.5) is 8.78 Å². The lowest BCUT2D eigenvalue weighted by atomic mass is 10.1. The summed E-state index contributed by atoms with van der Waals surface area (Å²) in [5, 5.41) is 0. The van der Waals surface area contributed by atoms with Gasteiger partial charge in [0, 0.05) is 18.0 Å². The maximum absolute atomic E-state index is 13.3. The molecule has 0 fully saturated rings. The lowest BCUT2D eigenvalue weighted by Gasteiger charge is -2.03. The highest BCUT2D eigenvalue weighted by molar-refractivity contribution is 5.66. The molecule has 0 atom stereocenters. The third-order valence-electron chi connectivity index (χ3n) is 2.96. The number of imidazole rings is 1. The Morgan fingerprint density at radius 1 is 1.20 bits per heavy atom. The summed E-state index contributed by atoms with van der Waals surface area (Å²) in [5.74, 6) is -1.10. The van der Waals surface area contributed by atoms with Gasteiger partial charge in [0.2, 0.25) is 0 Å². The zero-order valence-electron chi connectivity index (χ0n) is 10.8. The van der Waals surface area contributed by atoms with E-state index in [1.165, 1.54) is 6.07 Å². The van der Waals surface area contributed by atoms with Crippen molar-refractivity contribution in [3.05, 3.63) is 54.4 Å². The van der Waals surface area contributed by atoms with E-state index >= 15 is 0 Å². The van der Waals surface area contributed by atoms with Gasteiger partial charge in [-0.25, -0.2) is 13.8 Å². The molecule has 0 N–H and O–H groups in total. The Morgan fingerprint density at radius 3 is 2.80 bits per heavy atom. The predicted molar refractivity (Wildman–Crippen MR) is 71.7 cm³/mol. The van der Waals surface area contributed by atoms with Crippen molar-refractivity contribution in [2.45, 2.75) is 6.92 Å². The first kappa shape index (κ1) is 12.6. The molecular weight excluding hydrogens is 262 g/mol. The molecule has 0 spiro atoms. The molecule has 1 aromatic carbocycles. The van der Waals surface area contributed by atoms with Crippen LogP contribution in [0.15, 0.2) is 42.7 Å². The van der Waals surface area contributed by atoms with Crippen LogP contribution in [0.5, 0.6) is 5.75 Å². The molecule has 2 heterocycles. The first-order valence-electron chi connectivity index (χ1n) is 6.25. The minimum Gasteiger partial charge on any atom is -0.490 e. The highest BCUT2D eigenvalue weighted by Gasteiger charge is 2.10. The Hall–Kier alpha value is -2.43. The van der Waals surface area contributed by atoms with Crippen LogP contribution >= 0.6 is 0 Å². The molecule has 2 aromatic heterocycles. The van der Waals surface area contributed by atoms with Gasteiger partial charge in [-0.3, -0.25) is 0 Å². The van der Waals surface area contributed by atoms with Gasteiger partial charge in [-0.2, -0.15) is 0 Å². The molecule has 5 heteroatoms. The molecule has 0 aliphatic rings. The molecular formula is C15H12F2N2O. The summed E-state index contributed by atoms with van der Waals surface area (Å²) in [6.45, 7) is 2.43. The standard InChI is InChI=1S/C15H12F2N2O/c1-2-20-14-4-3-7-19-9-13(18-15(14)19)10-5-6-11(16)12(17)8-10/h3-9H,2H2,1H3. The average molecular weight is 274 g/mol. The summed E-state index contributed by atoms with van der Waals surface area (Å²) in [7, 11) is 0. The van der Waals surface area contributed by atoms with E-state index in [4.69, 9.17) is 4.74 Å². The van der Waals surface area contributed by atoms with Crippen LogP contribution in [-0.2, 0) is 0 Å². The van der Waals surface area contributed by atoms with Crippen molar-refractivity contribution in [1.82, 2.24) is 9.38 Å². The maximum atomic E-state index is 13.3. The summed E-state index contributed by atoms with van der Waals surface area (Å²) in [6, 6.07) is 7.39. The summed E-state index contributed by atoms with van der Waals surface area (Å²) in [6.07, 6.45) is 3.58. The minimum atomic E-state index is -0.885. The second-order valence-electron chi connectivity index (χ2n) is 4.29. The third-order valence-corrected chi connectivity index (χ3v) is 2.96. The van der Waals surface area contributed by atoms with Crippen LogP contribution in [0.25, 0.3) is 16.9 Å². The van der Waals surface area contributed by atoms with E-state index in [0.29, 0.717) is 29.3 Å². The molecule has 0 radical (unpaired) electrons. The van der Waals surface area contributed by atoms with Gasteiger partial charge in [-0.15, -0.1) is 0 Å². The van der Waals surface area contributed by atoms with Gasteiger partial charge in [-0.05, 0) is 37.3 Å². The van der Waals surface area contributed by atoms with E-state index in [1.54, 1.807) is 10.6 Å². The molecule has 0 unspecified atom stereocenters. The number of hydrogen-bond donors (Lipinski definition) is 0. The van der Waals surface area contributed by atoms with Crippen molar-refractivity contribution < 1.29 is 13.5 Å². The fraction of sp³-hybridized carbons (Fsp3) is 0.133. The van der Waals surface area contributed by atoms with Crippen LogP contribution < -0.4 is 4.74 Å². The third kappa shape index (κ3) is 2.11. The van der Waals surface area contributed by atoms with Crippen LogP contribution in [0.1, 0.15) is 6.92 Å². The number of ether oxygens (including phenoxy) is 1. The zero-order valence-corrected chi connectivity index (χ0v) is 10.8. The van der Waals surface area contributed by atoms with Gasteiger partial charge in [0.05, 0.1) is 12.3 Å². The maximum Gasteiger partial charge on any atom is 0.180 e. The molecule has 0 saturated carbocycles. The first-order chi connectivity index (χ1) is 9.69. The molecule has 3 nitrogen and oxygen atoms in total. The first-order valence-corrected chi connectivity index (χ1v) is 6.25. The van der Waals surface area contributed by atoms with Gasteiger partial charge in [0.15, 0.2) is 23.0 Å². The quantitative estimate of drug-likeness (QED) is 0.728. The Bertz CT molecular complexity index is 768. The van der Waals surface area contributed by atoms with E-state index < -0.39 is 11.6 Å². The summed E-state index contributed by atoms with van der Waals surface area (Å²) >= 11 is 0. The second-order valence-corrected chi connectivity index (χ2v) is 4.29. The molecule has 102 valence electrons. The van der Waals surface area contributed by atoms with Gasteiger partial charge in [0.1, 0.15) is 0 Å². The molecule has 20 heavy (non-hydrogen) atoms. The van der Waals surface area contributed by atoms with Crippen molar-refractivity contribution >= 4 is 5.65 Å². The van der Waals surface area contributed by atoms with E-state index in [-0.39, 0.29) is 0 Å². The topological polar surface area (TPSA) is 26.5 Å². The van der Waals surface area contributed by atoms with Crippen molar-refractivity contribution in [2.75, 3.05) is 6.61 Å². The summed E-state index contributed by atoms with van der Waals surface area (Å²) in [5.41, 5.74) is 1.74. The van der Waals surface area contributed by atoms with Gasteiger partial charge >= 0.3 is 0 Å². The number of pyridine rings is 1. The lowest BCUT2D eigenvalue weighted by Crippen LogP contribution is -1.94. The Morgan fingerprint density at radius 2 is 2.05 bits per heavy atom. The highest BCUT2D eigenvalue weighted by atomic mass is 19.2. The molecule has 0 saturated heterocycles. The summed E-state index contributed by atoms with van der Waals surface area (Å²) < 4.78 is 33.5. The van der Waals surface area contributed by atoms with E-state index in [1.807, 2.05) is 25.3 Å². The number of fused-ring (bicyclic) bond motifs is 1. The van der Waals surface area contributed by atoms with Crippen molar-refractivity contribution in [2.24, 2.45) is 0 Å². The Balaban J connectivity index is 2.12. The highest BCUT2D eigenvalue weighted by Crippen LogP contribution is 2.25. The van der Waals surface area contributed by atoms with Crippen LogP contribution in [0, 0.1) is 11.6 Å². The number of rotatable bonds is 3. The van der Waals surface area contributed by atoms with Gasteiger partial charge < -0.3 is 9.14 Å². The van der Waals surface area contributed by atoms with Crippen LogP contribution in [0.2, 0.25) is 0 Å². The van der Waals surface area contributed by atoms with Gasteiger partial charge in [-0.1, -0.05) is 0 Å². The molecule has 3 rings (SSSR count). The van der Waals surface area contributed by atoms with E-state index in [9.17, 15) is 8.78 Å². The zero-order chi connectivity index (χ0) is 14.1. The SMILES string of the molecule is CCOc1cccn2cc(-c3ccc(F)c(F)c3)nc12. The predicted octanol–water partition coefficient (Wildman–Crippen LogP) is 3.68. The number of aromatic nitrogens is 2. The molecule has 0 aliphatic heterocycles. The average Bonchev–Trinajstić information content (AvgIpc) is 2.87. The smallest absolute Gasteiger partial charge is 0.180 e. The second kappa shape index (κ2) is 4.92. The molecule has 0 amide bonds. The molecule has 0 bridgehead atoms. The van der Waals surface area contributed by atoms with Crippen LogP contribution in [-0.4, -0.2) is 16.0 Å². The fourth-order valence-corrected chi connectivity index (χ4v) is 2.05. The fourth-order valence-electron chi connectivity index (χ4n) is 2.05. The molecule has 3 aromatic rings. The van der Waals surface area contributed by atoms with Gasteiger partial charge in [0.25, 0.3) is 0 Å². The number of nitrogens with zero attached hydrogens (tertiary/aromatic N) is 2. The van der Waals surface area contributed by atoms with Crippen molar-refractivity contribution in [3.8, 4) is 17.0 Å². The monoisotopic (exact) mass is 274 g/mol. The molecule has 0 aliphatic carbocycles. The van der Waals surface area contributed by atoms with Crippen molar-refractivity contribution in [3.63, 3.8) is 0 Å². The Labute approximate surface area is 114 Å². The number of halogens is 2. The van der Waals surface area contributed by atoms with E-state index in [0.717, 1.165) is 12.1 Å². The number of benzene rings is 1. The summed E-state index contributed by atoms with van der Waals surface area (Å²) in [4.78, 5) is 4.42.